The maximum Gasteiger partial charge on any atom is 0.247 e. The fourth-order valence-electron chi connectivity index (χ4n) is 2.54. The van der Waals surface area contributed by atoms with Crippen LogP contribution in [0.2, 0.25) is 0 Å². The third-order valence-corrected chi connectivity index (χ3v) is 3.73. The molecule has 1 fully saturated rings. The van der Waals surface area contributed by atoms with E-state index in [9.17, 15) is 9.59 Å². The Bertz CT molecular complexity index is 316. The standard InChI is InChI=1S/C14H26N2O3/c1-5-11(6-2)16-13(17)9-12(14(16)18)15-10(3)7-8-19-4/h10-12,15H,5-9H2,1-4H3. The van der Waals surface area contributed by atoms with Crippen LogP contribution in [0.3, 0.4) is 0 Å². The zero-order valence-corrected chi connectivity index (χ0v) is 12.4. The van der Waals surface area contributed by atoms with Gasteiger partial charge in [-0.15, -0.1) is 0 Å². The van der Waals surface area contributed by atoms with Gasteiger partial charge >= 0.3 is 0 Å². The molecule has 1 aliphatic heterocycles. The molecule has 1 N–H and O–H groups in total. The highest BCUT2D eigenvalue weighted by atomic mass is 16.5. The van der Waals surface area contributed by atoms with Crippen LogP contribution in [0.25, 0.3) is 0 Å². The minimum atomic E-state index is -0.361. The molecular weight excluding hydrogens is 244 g/mol. The Hall–Kier alpha value is -0.940. The van der Waals surface area contributed by atoms with E-state index in [1.165, 1.54) is 4.90 Å². The highest BCUT2D eigenvalue weighted by molar-refractivity contribution is 6.05. The summed E-state index contributed by atoms with van der Waals surface area (Å²) in [6.07, 6.45) is 2.76. The van der Waals surface area contributed by atoms with Crippen molar-refractivity contribution in [2.45, 2.75) is 64.6 Å². The van der Waals surface area contributed by atoms with Crippen LogP contribution in [0.5, 0.6) is 0 Å². The van der Waals surface area contributed by atoms with Gasteiger partial charge in [-0.05, 0) is 26.2 Å². The van der Waals surface area contributed by atoms with Gasteiger partial charge in [0.05, 0.1) is 12.5 Å². The molecule has 0 aliphatic carbocycles. The lowest BCUT2D eigenvalue weighted by Gasteiger charge is -2.25. The van der Waals surface area contributed by atoms with Crippen LogP contribution in [0.15, 0.2) is 0 Å². The smallest absolute Gasteiger partial charge is 0.247 e. The Kier molecular flexibility index (Phi) is 6.45. The molecule has 0 aromatic carbocycles. The zero-order valence-electron chi connectivity index (χ0n) is 12.4. The average molecular weight is 270 g/mol. The van der Waals surface area contributed by atoms with Gasteiger partial charge in [0.2, 0.25) is 11.8 Å². The third-order valence-electron chi connectivity index (χ3n) is 3.73. The summed E-state index contributed by atoms with van der Waals surface area (Å²) in [5, 5.41) is 3.23. The predicted molar refractivity (Wildman–Crippen MR) is 73.7 cm³/mol. The monoisotopic (exact) mass is 270 g/mol. The summed E-state index contributed by atoms with van der Waals surface area (Å²) in [7, 11) is 1.66. The van der Waals surface area contributed by atoms with E-state index in [-0.39, 0.29) is 36.4 Å². The van der Waals surface area contributed by atoms with Gasteiger partial charge in [0.15, 0.2) is 0 Å². The Morgan fingerprint density at radius 2 is 2.00 bits per heavy atom. The Balaban J connectivity index is 2.59. The molecule has 0 radical (unpaired) electrons. The van der Waals surface area contributed by atoms with Gasteiger partial charge < -0.3 is 10.1 Å². The molecule has 1 aliphatic rings. The van der Waals surface area contributed by atoms with E-state index >= 15 is 0 Å². The van der Waals surface area contributed by atoms with Crippen molar-refractivity contribution < 1.29 is 14.3 Å². The predicted octanol–water partition coefficient (Wildman–Crippen LogP) is 1.32. The van der Waals surface area contributed by atoms with Crippen molar-refractivity contribution in [3.8, 4) is 0 Å². The third kappa shape index (κ3) is 4.01. The van der Waals surface area contributed by atoms with Crippen LogP contribution >= 0.6 is 0 Å². The number of methoxy groups -OCH3 is 1. The number of amides is 2. The van der Waals surface area contributed by atoms with Crippen LogP contribution in [-0.4, -0.2) is 48.6 Å². The first-order valence-electron chi connectivity index (χ1n) is 7.15. The van der Waals surface area contributed by atoms with E-state index in [2.05, 4.69) is 5.32 Å². The molecule has 0 aromatic rings. The van der Waals surface area contributed by atoms with Crippen molar-refractivity contribution >= 4 is 11.8 Å². The fourth-order valence-corrected chi connectivity index (χ4v) is 2.54. The van der Waals surface area contributed by atoms with Gasteiger partial charge in [-0.25, -0.2) is 0 Å². The summed E-state index contributed by atoms with van der Waals surface area (Å²) in [6.45, 7) is 6.68. The van der Waals surface area contributed by atoms with Crippen LogP contribution in [0.4, 0.5) is 0 Å². The number of carbonyl (C=O) groups is 2. The van der Waals surface area contributed by atoms with Crippen molar-refractivity contribution in [1.29, 1.82) is 0 Å². The molecule has 1 heterocycles. The second-order valence-electron chi connectivity index (χ2n) is 5.18. The molecule has 5 nitrogen and oxygen atoms in total. The molecule has 0 bridgehead atoms. The lowest BCUT2D eigenvalue weighted by molar-refractivity contribution is -0.141. The molecule has 0 saturated carbocycles. The first-order valence-corrected chi connectivity index (χ1v) is 7.15. The Labute approximate surface area is 115 Å². The van der Waals surface area contributed by atoms with E-state index in [4.69, 9.17) is 4.74 Å². The molecule has 2 atom stereocenters. The normalized spacial score (nSPS) is 21.5. The summed E-state index contributed by atoms with van der Waals surface area (Å²) in [5.74, 6) is -0.113. The highest BCUT2D eigenvalue weighted by Crippen LogP contribution is 2.20. The van der Waals surface area contributed by atoms with Crippen LogP contribution in [-0.2, 0) is 14.3 Å². The van der Waals surface area contributed by atoms with Crippen molar-refractivity contribution in [2.24, 2.45) is 0 Å². The molecule has 1 saturated heterocycles. The van der Waals surface area contributed by atoms with Crippen molar-refractivity contribution in [1.82, 2.24) is 10.2 Å². The molecular formula is C14H26N2O3. The number of ether oxygens (including phenoxy) is 1. The summed E-state index contributed by atoms with van der Waals surface area (Å²) in [5.41, 5.74) is 0. The lowest BCUT2D eigenvalue weighted by atomic mass is 10.1. The summed E-state index contributed by atoms with van der Waals surface area (Å²) in [4.78, 5) is 25.7. The first kappa shape index (κ1) is 16.1. The SMILES string of the molecule is CCC(CC)N1C(=O)CC(NC(C)CCOC)C1=O. The van der Waals surface area contributed by atoms with Crippen molar-refractivity contribution in [3.05, 3.63) is 0 Å². The van der Waals surface area contributed by atoms with E-state index in [0.717, 1.165) is 19.3 Å². The first-order chi connectivity index (χ1) is 9.04. The second-order valence-corrected chi connectivity index (χ2v) is 5.18. The number of imide groups is 1. The van der Waals surface area contributed by atoms with Crippen LogP contribution in [0.1, 0.15) is 46.5 Å². The topological polar surface area (TPSA) is 58.6 Å². The van der Waals surface area contributed by atoms with Crippen LogP contribution < -0.4 is 5.32 Å². The van der Waals surface area contributed by atoms with E-state index in [0.29, 0.717) is 6.61 Å². The van der Waals surface area contributed by atoms with Crippen molar-refractivity contribution in [3.63, 3.8) is 0 Å². The van der Waals surface area contributed by atoms with Crippen molar-refractivity contribution in [2.75, 3.05) is 13.7 Å². The lowest BCUT2D eigenvalue weighted by Crippen LogP contribution is -2.46. The molecule has 0 aromatic heterocycles. The van der Waals surface area contributed by atoms with E-state index in [1.54, 1.807) is 7.11 Å². The number of likely N-dealkylation sites (tertiary alicyclic amines) is 1. The fraction of sp³-hybridized carbons (Fsp3) is 0.857. The quantitative estimate of drug-likeness (QED) is 0.676. The number of hydrogen-bond acceptors (Lipinski definition) is 4. The number of nitrogens with one attached hydrogen (secondary N) is 1. The van der Waals surface area contributed by atoms with E-state index < -0.39 is 0 Å². The van der Waals surface area contributed by atoms with Crippen LogP contribution in [0, 0.1) is 0 Å². The van der Waals surface area contributed by atoms with Gasteiger partial charge in [0.1, 0.15) is 0 Å². The Morgan fingerprint density at radius 3 is 2.53 bits per heavy atom. The van der Waals surface area contributed by atoms with E-state index in [1.807, 2.05) is 20.8 Å². The number of nitrogens with zero attached hydrogens (tertiary/aromatic N) is 1. The number of carbonyl (C=O) groups excluding carboxylic acids is 2. The number of rotatable bonds is 8. The maximum absolute atomic E-state index is 12.3. The maximum atomic E-state index is 12.3. The zero-order chi connectivity index (χ0) is 14.4. The average Bonchev–Trinajstić information content (AvgIpc) is 2.65. The van der Waals surface area contributed by atoms with Gasteiger partial charge in [-0.3, -0.25) is 14.5 Å². The molecule has 110 valence electrons. The Morgan fingerprint density at radius 1 is 1.37 bits per heavy atom. The van der Waals surface area contributed by atoms with Gasteiger partial charge in [0.25, 0.3) is 0 Å². The van der Waals surface area contributed by atoms with Gasteiger partial charge in [0, 0.05) is 25.8 Å². The summed E-state index contributed by atoms with van der Waals surface area (Å²) >= 11 is 0. The molecule has 0 spiro atoms. The van der Waals surface area contributed by atoms with Gasteiger partial charge in [-0.2, -0.15) is 0 Å². The largest absolute Gasteiger partial charge is 0.385 e. The minimum absolute atomic E-state index is 0.0427. The van der Waals surface area contributed by atoms with Gasteiger partial charge in [-0.1, -0.05) is 13.8 Å². The highest BCUT2D eigenvalue weighted by Gasteiger charge is 2.41. The number of hydrogen-bond donors (Lipinski definition) is 1. The molecule has 5 heteroatoms. The molecule has 19 heavy (non-hydrogen) atoms. The second kappa shape index (κ2) is 7.60. The molecule has 1 rings (SSSR count). The summed E-state index contributed by atoms with van der Waals surface area (Å²) in [6, 6.07) is -0.149. The minimum Gasteiger partial charge on any atom is -0.385 e. The molecule has 2 unspecified atom stereocenters. The molecule has 2 amide bonds. The summed E-state index contributed by atoms with van der Waals surface area (Å²) < 4.78 is 5.02.